The summed E-state index contributed by atoms with van der Waals surface area (Å²) in [5, 5.41) is 3.49. The van der Waals surface area contributed by atoms with Crippen LogP contribution in [0.4, 0.5) is 0 Å². The van der Waals surface area contributed by atoms with Crippen molar-refractivity contribution in [2.45, 2.75) is 39.0 Å². The third kappa shape index (κ3) is 3.51. The lowest BCUT2D eigenvalue weighted by Gasteiger charge is -2.23. The van der Waals surface area contributed by atoms with Crippen molar-refractivity contribution in [1.29, 1.82) is 0 Å². The number of aromatic nitrogens is 1. The van der Waals surface area contributed by atoms with Gasteiger partial charge in [0.1, 0.15) is 0 Å². The molecule has 0 amide bonds. The predicted octanol–water partition coefficient (Wildman–Crippen LogP) is 3.76. The van der Waals surface area contributed by atoms with Crippen molar-refractivity contribution in [2.24, 2.45) is 0 Å². The van der Waals surface area contributed by atoms with Gasteiger partial charge in [-0.15, -0.1) is 0 Å². The lowest BCUT2D eigenvalue weighted by molar-refractivity contribution is 0.454. The average molecular weight is 280 g/mol. The fourth-order valence-corrected chi connectivity index (χ4v) is 3.21. The Morgan fingerprint density at radius 3 is 2.81 bits per heavy atom. The van der Waals surface area contributed by atoms with Gasteiger partial charge in [-0.3, -0.25) is 4.98 Å². The molecule has 2 nitrogen and oxygen atoms in total. The Balaban J connectivity index is 1.85. The van der Waals surface area contributed by atoms with E-state index in [0.29, 0.717) is 5.92 Å². The van der Waals surface area contributed by atoms with Crippen molar-refractivity contribution >= 4 is 0 Å². The van der Waals surface area contributed by atoms with E-state index in [1.807, 2.05) is 0 Å². The van der Waals surface area contributed by atoms with Crippen LogP contribution >= 0.6 is 0 Å². The van der Waals surface area contributed by atoms with Gasteiger partial charge in [0.05, 0.1) is 0 Å². The summed E-state index contributed by atoms with van der Waals surface area (Å²) in [7, 11) is 0. The molecule has 0 aliphatic carbocycles. The molecular formula is C19H24N2. The second-order valence-corrected chi connectivity index (χ2v) is 6.19. The maximum atomic E-state index is 4.78. The molecule has 2 heteroatoms. The van der Waals surface area contributed by atoms with Crippen LogP contribution in [0.3, 0.4) is 0 Å². The van der Waals surface area contributed by atoms with E-state index in [2.05, 4.69) is 55.6 Å². The summed E-state index contributed by atoms with van der Waals surface area (Å²) >= 11 is 0. The normalized spacial score (nSPS) is 18.7. The topological polar surface area (TPSA) is 24.9 Å². The van der Waals surface area contributed by atoms with Crippen LogP contribution in [0.2, 0.25) is 0 Å². The minimum atomic E-state index is 0.578. The van der Waals surface area contributed by atoms with E-state index < -0.39 is 0 Å². The van der Waals surface area contributed by atoms with Crippen LogP contribution in [0.1, 0.15) is 46.8 Å². The molecule has 1 saturated heterocycles. The monoisotopic (exact) mass is 280 g/mol. The van der Waals surface area contributed by atoms with Gasteiger partial charge in [-0.2, -0.15) is 0 Å². The van der Waals surface area contributed by atoms with Crippen LogP contribution in [0, 0.1) is 13.8 Å². The van der Waals surface area contributed by atoms with E-state index in [0.717, 1.165) is 25.2 Å². The summed E-state index contributed by atoms with van der Waals surface area (Å²) in [4.78, 5) is 4.78. The number of hydrogen-bond acceptors (Lipinski definition) is 2. The summed E-state index contributed by atoms with van der Waals surface area (Å²) < 4.78 is 0. The van der Waals surface area contributed by atoms with Gasteiger partial charge in [-0.25, -0.2) is 0 Å². The van der Waals surface area contributed by atoms with Gasteiger partial charge in [0.15, 0.2) is 0 Å². The van der Waals surface area contributed by atoms with Crippen molar-refractivity contribution in [2.75, 3.05) is 13.1 Å². The fraction of sp³-hybridized carbons (Fsp3) is 0.421. The highest BCUT2D eigenvalue weighted by Gasteiger charge is 2.17. The largest absolute Gasteiger partial charge is 0.316 e. The van der Waals surface area contributed by atoms with Crippen LogP contribution < -0.4 is 5.32 Å². The maximum Gasteiger partial charge on any atom is 0.0453 e. The van der Waals surface area contributed by atoms with Crippen molar-refractivity contribution in [3.8, 4) is 0 Å². The third-order valence-electron chi connectivity index (χ3n) is 4.40. The number of rotatable bonds is 3. The molecular weight excluding hydrogens is 256 g/mol. The van der Waals surface area contributed by atoms with Crippen molar-refractivity contribution in [3.63, 3.8) is 0 Å². The van der Waals surface area contributed by atoms with Gasteiger partial charge in [0.2, 0.25) is 0 Å². The molecule has 0 spiro atoms. The molecule has 1 atom stereocenters. The number of aryl methyl sites for hydroxylation is 2. The van der Waals surface area contributed by atoms with Crippen LogP contribution in [-0.2, 0) is 6.42 Å². The van der Waals surface area contributed by atoms with E-state index in [4.69, 9.17) is 4.98 Å². The molecule has 1 aliphatic rings. The first kappa shape index (κ1) is 14.3. The van der Waals surface area contributed by atoms with Crippen molar-refractivity contribution in [3.05, 3.63) is 64.5 Å². The third-order valence-corrected chi connectivity index (χ3v) is 4.40. The molecule has 1 unspecified atom stereocenters. The van der Waals surface area contributed by atoms with E-state index >= 15 is 0 Å². The highest BCUT2D eigenvalue weighted by molar-refractivity contribution is 5.33. The number of piperidine rings is 1. The van der Waals surface area contributed by atoms with Gasteiger partial charge in [-0.05, 0) is 68.5 Å². The molecule has 1 aromatic heterocycles. The van der Waals surface area contributed by atoms with Gasteiger partial charge in [0, 0.05) is 23.9 Å². The summed E-state index contributed by atoms with van der Waals surface area (Å²) in [6, 6.07) is 13.2. The Labute approximate surface area is 127 Å². The standard InChI is InChI=1S/C19H24N2/c1-14-6-3-4-7-17(14)11-16-10-15(2)21-19(12-16)18-8-5-9-20-13-18/h3-4,6-7,10,12,18,20H,5,8-9,11,13H2,1-2H3. The molecule has 3 rings (SSSR count). The minimum Gasteiger partial charge on any atom is -0.316 e. The van der Waals surface area contributed by atoms with Gasteiger partial charge >= 0.3 is 0 Å². The fourth-order valence-electron chi connectivity index (χ4n) is 3.21. The summed E-state index contributed by atoms with van der Waals surface area (Å²) in [6.07, 6.45) is 3.52. The Morgan fingerprint density at radius 2 is 2.05 bits per heavy atom. The van der Waals surface area contributed by atoms with Gasteiger partial charge in [0.25, 0.3) is 0 Å². The van der Waals surface area contributed by atoms with Crippen LogP contribution in [0.5, 0.6) is 0 Å². The van der Waals surface area contributed by atoms with E-state index in [1.165, 1.54) is 35.2 Å². The second kappa shape index (κ2) is 6.40. The van der Waals surface area contributed by atoms with Crippen LogP contribution in [-0.4, -0.2) is 18.1 Å². The molecule has 2 heterocycles. The minimum absolute atomic E-state index is 0.578. The van der Waals surface area contributed by atoms with Gasteiger partial charge < -0.3 is 5.32 Å². The first-order chi connectivity index (χ1) is 10.2. The summed E-state index contributed by atoms with van der Waals surface area (Å²) in [5.41, 5.74) is 6.58. The van der Waals surface area contributed by atoms with Crippen molar-refractivity contribution < 1.29 is 0 Å². The molecule has 0 bridgehead atoms. The SMILES string of the molecule is Cc1cc(Cc2ccccc2C)cc(C2CCCNC2)n1. The maximum absolute atomic E-state index is 4.78. The Bertz CT molecular complexity index is 613. The number of nitrogens with zero attached hydrogens (tertiary/aromatic N) is 1. The average Bonchev–Trinajstić information content (AvgIpc) is 2.50. The molecule has 1 N–H and O–H groups in total. The lowest BCUT2D eigenvalue weighted by atomic mass is 9.93. The zero-order valence-electron chi connectivity index (χ0n) is 13.0. The quantitative estimate of drug-likeness (QED) is 0.926. The van der Waals surface area contributed by atoms with E-state index in [-0.39, 0.29) is 0 Å². The number of hydrogen-bond donors (Lipinski definition) is 1. The highest BCUT2D eigenvalue weighted by Crippen LogP contribution is 2.24. The van der Waals surface area contributed by atoms with E-state index in [9.17, 15) is 0 Å². The summed E-state index contributed by atoms with van der Waals surface area (Å²) in [6.45, 7) is 6.52. The van der Waals surface area contributed by atoms with Gasteiger partial charge in [-0.1, -0.05) is 24.3 Å². The van der Waals surface area contributed by atoms with E-state index in [1.54, 1.807) is 0 Å². The second-order valence-electron chi connectivity index (χ2n) is 6.19. The zero-order valence-corrected chi connectivity index (χ0v) is 13.0. The molecule has 1 fully saturated rings. The molecule has 0 radical (unpaired) electrons. The first-order valence-corrected chi connectivity index (χ1v) is 7.95. The predicted molar refractivity (Wildman–Crippen MR) is 87.8 cm³/mol. The number of pyridine rings is 1. The molecule has 110 valence electrons. The Hall–Kier alpha value is -1.67. The molecule has 2 aromatic rings. The highest BCUT2D eigenvalue weighted by atomic mass is 14.9. The van der Waals surface area contributed by atoms with Crippen LogP contribution in [0.25, 0.3) is 0 Å². The Morgan fingerprint density at radius 1 is 1.19 bits per heavy atom. The first-order valence-electron chi connectivity index (χ1n) is 7.95. The van der Waals surface area contributed by atoms with Crippen molar-refractivity contribution in [1.82, 2.24) is 10.3 Å². The zero-order chi connectivity index (χ0) is 14.7. The summed E-state index contributed by atoms with van der Waals surface area (Å²) in [5.74, 6) is 0.578. The lowest BCUT2D eigenvalue weighted by Crippen LogP contribution is -2.29. The molecule has 1 aromatic carbocycles. The molecule has 1 aliphatic heterocycles. The number of nitrogens with one attached hydrogen (secondary N) is 1. The van der Waals surface area contributed by atoms with Crippen LogP contribution in [0.15, 0.2) is 36.4 Å². The smallest absolute Gasteiger partial charge is 0.0453 e. The number of benzene rings is 1. The molecule has 0 saturated carbocycles. The Kier molecular flexibility index (Phi) is 4.35. The molecule has 21 heavy (non-hydrogen) atoms.